The van der Waals surface area contributed by atoms with Crippen molar-refractivity contribution in [2.75, 3.05) is 20.3 Å². The molecule has 1 aromatic rings. The van der Waals surface area contributed by atoms with Crippen LogP contribution in [0.5, 0.6) is 5.88 Å². The first-order valence-corrected chi connectivity index (χ1v) is 5.93. The van der Waals surface area contributed by atoms with Gasteiger partial charge in [0.1, 0.15) is 0 Å². The van der Waals surface area contributed by atoms with Gasteiger partial charge in [-0.2, -0.15) is 0 Å². The number of fused-ring (bicyclic) bond motifs is 1. The maximum Gasteiger partial charge on any atom is 0.343 e. The first kappa shape index (κ1) is 12.8. The number of pyridine rings is 1. The Kier molecular flexibility index (Phi) is 3.81. The van der Waals surface area contributed by atoms with Crippen LogP contribution in [0.4, 0.5) is 0 Å². The number of methoxy groups -OCH3 is 1. The molecule has 0 saturated heterocycles. The van der Waals surface area contributed by atoms with Crippen LogP contribution in [0.1, 0.15) is 16.7 Å². The smallest absolute Gasteiger partial charge is 0.343 e. The molecule has 98 valence electrons. The highest BCUT2D eigenvalue weighted by molar-refractivity contribution is 5.70. The Hall–Kier alpha value is -1.62. The van der Waals surface area contributed by atoms with Crippen LogP contribution in [0, 0.1) is 12.8 Å². The largest absolute Gasteiger partial charge is 0.466 e. The zero-order valence-electron chi connectivity index (χ0n) is 10.6. The van der Waals surface area contributed by atoms with Crippen molar-refractivity contribution in [3.8, 4) is 5.88 Å². The third-order valence-corrected chi connectivity index (χ3v) is 3.31. The molecule has 0 spiro atoms. The van der Waals surface area contributed by atoms with Gasteiger partial charge in [0.25, 0.3) is 0 Å². The van der Waals surface area contributed by atoms with E-state index >= 15 is 0 Å². The van der Waals surface area contributed by atoms with E-state index in [1.165, 1.54) is 12.7 Å². The van der Waals surface area contributed by atoms with Crippen molar-refractivity contribution in [1.29, 1.82) is 0 Å². The van der Waals surface area contributed by atoms with Gasteiger partial charge in [-0.1, -0.05) is 0 Å². The van der Waals surface area contributed by atoms with E-state index in [2.05, 4.69) is 9.72 Å². The van der Waals surface area contributed by atoms with Gasteiger partial charge in [0.2, 0.25) is 5.88 Å². The number of carbonyl (C=O) groups is 1. The van der Waals surface area contributed by atoms with E-state index in [-0.39, 0.29) is 19.1 Å². The van der Waals surface area contributed by atoms with Gasteiger partial charge in [0.05, 0.1) is 7.11 Å². The maximum absolute atomic E-state index is 11.0. The van der Waals surface area contributed by atoms with Crippen LogP contribution in [0.25, 0.3) is 0 Å². The van der Waals surface area contributed by atoms with E-state index in [0.717, 1.165) is 24.0 Å². The maximum atomic E-state index is 11.0. The fourth-order valence-electron chi connectivity index (χ4n) is 2.27. The quantitative estimate of drug-likeness (QED) is 0.796. The standard InChI is InChI=1S/C13H17NO4/c1-8-11-4-9(6-15)3-10(11)5-14-13(8)18-7-12(16)17-2/h5,9,15H,3-4,6-7H2,1-2H3. The average molecular weight is 251 g/mol. The number of ether oxygens (including phenoxy) is 2. The van der Waals surface area contributed by atoms with Crippen LogP contribution >= 0.6 is 0 Å². The van der Waals surface area contributed by atoms with Crippen molar-refractivity contribution in [1.82, 2.24) is 4.98 Å². The van der Waals surface area contributed by atoms with Crippen LogP contribution < -0.4 is 4.74 Å². The molecule has 1 atom stereocenters. The third-order valence-electron chi connectivity index (χ3n) is 3.31. The van der Waals surface area contributed by atoms with Crippen molar-refractivity contribution < 1.29 is 19.4 Å². The summed E-state index contributed by atoms with van der Waals surface area (Å²) in [6, 6.07) is 0. The molecule has 0 saturated carbocycles. The number of aliphatic hydroxyl groups excluding tert-OH is 1. The first-order chi connectivity index (χ1) is 8.65. The highest BCUT2D eigenvalue weighted by Crippen LogP contribution is 2.32. The van der Waals surface area contributed by atoms with Gasteiger partial charge in [-0.15, -0.1) is 0 Å². The van der Waals surface area contributed by atoms with Gasteiger partial charge in [0.15, 0.2) is 6.61 Å². The SMILES string of the molecule is COC(=O)COc1ncc2c(c1C)CC(CO)C2. The Bertz CT molecular complexity index is 459. The number of aliphatic hydroxyl groups is 1. The zero-order valence-corrected chi connectivity index (χ0v) is 10.6. The molecule has 2 rings (SSSR count). The van der Waals surface area contributed by atoms with E-state index in [4.69, 9.17) is 4.74 Å². The minimum absolute atomic E-state index is 0.132. The topological polar surface area (TPSA) is 68.7 Å². The van der Waals surface area contributed by atoms with Crippen LogP contribution in [-0.4, -0.2) is 36.4 Å². The highest BCUT2D eigenvalue weighted by Gasteiger charge is 2.24. The lowest BCUT2D eigenvalue weighted by Gasteiger charge is -2.10. The van der Waals surface area contributed by atoms with Crippen molar-refractivity contribution in [3.63, 3.8) is 0 Å². The summed E-state index contributed by atoms with van der Waals surface area (Å²) in [6.45, 7) is 1.98. The first-order valence-electron chi connectivity index (χ1n) is 5.93. The van der Waals surface area contributed by atoms with Crippen LogP contribution in [0.15, 0.2) is 6.20 Å². The minimum atomic E-state index is -0.426. The van der Waals surface area contributed by atoms with E-state index < -0.39 is 5.97 Å². The molecule has 0 fully saturated rings. The molecule has 1 unspecified atom stereocenters. The Morgan fingerprint density at radius 1 is 1.56 bits per heavy atom. The Morgan fingerprint density at radius 3 is 3.00 bits per heavy atom. The zero-order chi connectivity index (χ0) is 13.1. The molecule has 5 heteroatoms. The Balaban J connectivity index is 2.13. The number of nitrogens with zero attached hydrogens (tertiary/aromatic N) is 1. The lowest BCUT2D eigenvalue weighted by molar-refractivity contribution is -0.143. The molecule has 5 nitrogen and oxygen atoms in total. The normalized spacial score (nSPS) is 17.4. The number of hydrogen-bond donors (Lipinski definition) is 1. The highest BCUT2D eigenvalue weighted by atomic mass is 16.6. The summed E-state index contributed by atoms with van der Waals surface area (Å²) in [7, 11) is 1.32. The number of esters is 1. The number of hydrogen-bond acceptors (Lipinski definition) is 5. The minimum Gasteiger partial charge on any atom is -0.466 e. The summed E-state index contributed by atoms with van der Waals surface area (Å²) in [6.07, 6.45) is 3.47. The summed E-state index contributed by atoms with van der Waals surface area (Å²) in [5.74, 6) is 0.319. The number of aromatic nitrogens is 1. The molecule has 18 heavy (non-hydrogen) atoms. The second-order valence-electron chi connectivity index (χ2n) is 4.51. The molecule has 1 aliphatic rings. The Labute approximate surface area is 106 Å². The summed E-state index contributed by atoms with van der Waals surface area (Å²) in [4.78, 5) is 15.2. The molecular weight excluding hydrogens is 234 g/mol. The fourth-order valence-corrected chi connectivity index (χ4v) is 2.27. The summed E-state index contributed by atoms with van der Waals surface area (Å²) in [5.41, 5.74) is 3.30. The summed E-state index contributed by atoms with van der Waals surface area (Å²) >= 11 is 0. The predicted molar refractivity (Wildman–Crippen MR) is 64.5 cm³/mol. The van der Waals surface area contributed by atoms with Gasteiger partial charge in [0, 0.05) is 18.4 Å². The molecule has 1 heterocycles. The predicted octanol–water partition coefficient (Wildman–Crippen LogP) is 0.649. The number of carbonyl (C=O) groups excluding carboxylic acids is 1. The summed E-state index contributed by atoms with van der Waals surface area (Å²) in [5, 5.41) is 9.19. The molecule has 0 bridgehead atoms. The van der Waals surface area contributed by atoms with E-state index in [9.17, 15) is 9.90 Å². The van der Waals surface area contributed by atoms with Crippen molar-refractivity contribution in [2.45, 2.75) is 19.8 Å². The average Bonchev–Trinajstić information content (AvgIpc) is 2.81. The fraction of sp³-hybridized carbons (Fsp3) is 0.538. The van der Waals surface area contributed by atoms with Crippen LogP contribution in [-0.2, 0) is 22.4 Å². The third kappa shape index (κ3) is 2.46. The van der Waals surface area contributed by atoms with Gasteiger partial charge < -0.3 is 14.6 Å². The lowest BCUT2D eigenvalue weighted by Crippen LogP contribution is -2.14. The summed E-state index contributed by atoms with van der Waals surface area (Å²) < 4.78 is 9.85. The van der Waals surface area contributed by atoms with Gasteiger partial charge in [-0.25, -0.2) is 9.78 Å². The molecular formula is C13H17NO4. The molecule has 0 radical (unpaired) electrons. The Morgan fingerprint density at radius 2 is 2.33 bits per heavy atom. The molecule has 0 aliphatic heterocycles. The van der Waals surface area contributed by atoms with E-state index in [1.807, 2.05) is 6.92 Å². The lowest BCUT2D eigenvalue weighted by atomic mass is 10.1. The monoisotopic (exact) mass is 251 g/mol. The molecule has 1 aliphatic carbocycles. The van der Waals surface area contributed by atoms with Crippen molar-refractivity contribution in [3.05, 3.63) is 22.9 Å². The molecule has 1 N–H and O–H groups in total. The van der Waals surface area contributed by atoms with Crippen molar-refractivity contribution >= 4 is 5.97 Å². The second kappa shape index (κ2) is 5.35. The van der Waals surface area contributed by atoms with E-state index in [1.54, 1.807) is 6.20 Å². The molecule has 1 aromatic heterocycles. The van der Waals surface area contributed by atoms with Crippen LogP contribution in [0.3, 0.4) is 0 Å². The molecule has 0 aromatic carbocycles. The molecule has 0 amide bonds. The van der Waals surface area contributed by atoms with Crippen molar-refractivity contribution in [2.24, 2.45) is 5.92 Å². The van der Waals surface area contributed by atoms with E-state index in [0.29, 0.717) is 5.88 Å². The number of rotatable bonds is 4. The van der Waals surface area contributed by atoms with Gasteiger partial charge in [-0.05, 0) is 36.8 Å². The van der Waals surface area contributed by atoms with Gasteiger partial charge in [-0.3, -0.25) is 0 Å². The van der Waals surface area contributed by atoms with Gasteiger partial charge >= 0.3 is 5.97 Å². The van der Waals surface area contributed by atoms with Crippen LogP contribution in [0.2, 0.25) is 0 Å². The second-order valence-corrected chi connectivity index (χ2v) is 4.51.